The number of nitrogens with zero attached hydrogens (tertiary/aromatic N) is 1. The van der Waals surface area contributed by atoms with Crippen LogP contribution in [0.3, 0.4) is 0 Å². The third-order valence-corrected chi connectivity index (χ3v) is 4.15. The third-order valence-electron chi connectivity index (χ3n) is 3.63. The Balaban J connectivity index is 1.79. The van der Waals surface area contributed by atoms with E-state index in [0.717, 1.165) is 0 Å². The summed E-state index contributed by atoms with van der Waals surface area (Å²) < 4.78 is 20.4. The first-order valence-electron chi connectivity index (χ1n) is 7.84. The Kier molecular flexibility index (Phi) is 5.53. The molecule has 0 aliphatic carbocycles. The number of aromatic nitrogens is 2. The minimum absolute atomic E-state index is 0.0616. The molecule has 0 atom stereocenters. The number of anilines is 1. The first-order valence-corrected chi connectivity index (χ1v) is 8.59. The summed E-state index contributed by atoms with van der Waals surface area (Å²) in [6.45, 7) is 1.66. The number of rotatable bonds is 5. The lowest BCUT2D eigenvalue weighted by atomic mass is 10.2. The molecule has 0 bridgehead atoms. The van der Waals surface area contributed by atoms with Gasteiger partial charge in [0.2, 0.25) is 0 Å². The molecule has 140 valence electrons. The summed E-state index contributed by atoms with van der Waals surface area (Å²) in [4.78, 5) is 18.8. The summed E-state index contributed by atoms with van der Waals surface area (Å²) in [5.41, 5.74) is 6.57. The SMILES string of the molecule is Cc1ncc(C(=O)NCc2ccc(Cl)c(Oc3cc(N)cc(Cl)c3)c2F)[nH]1. The number of halogens is 3. The number of H-pyrrole nitrogens is 1. The number of imidazole rings is 1. The van der Waals surface area contributed by atoms with E-state index in [1.807, 2.05) is 0 Å². The normalized spacial score (nSPS) is 10.7. The molecule has 0 aliphatic heterocycles. The fourth-order valence-electron chi connectivity index (χ4n) is 2.37. The van der Waals surface area contributed by atoms with Gasteiger partial charge in [-0.15, -0.1) is 0 Å². The predicted molar refractivity (Wildman–Crippen MR) is 102 cm³/mol. The quantitative estimate of drug-likeness (QED) is 0.542. The van der Waals surface area contributed by atoms with Gasteiger partial charge in [-0.1, -0.05) is 29.3 Å². The molecule has 3 rings (SSSR count). The molecule has 1 heterocycles. The standard InChI is InChI=1S/C18H15Cl2FN4O2/c1-9-23-8-15(25-9)18(26)24-7-10-2-3-14(20)17(16(10)21)27-13-5-11(19)4-12(22)6-13/h2-6,8H,7,22H2,1H3,(H,23,25)(H,24,26). The number of hydrogen-bond acceptors (Lipinski definition) is 4. The number of nitrogen functional groups attached to an aromatic ring is 1. The van der Waals surface area contributed by atoms with Crippen molar-refractivity contribution < 1.29 is 13.9 Å². The summed E-state index contributed by atoms with van der Waals surface area (Å²) in [7, 11) is 0. The van der Waals surface area contributed by atoms with Gasteiger partial charge in [0.05, 0.1) is 11.2 Å². The number of ether oxygens (including phenoxy) is 1. The minimum Gasteiger partial charge on any atom is -0.453 e. The number of nitrogens with one attached hydrogen (secondary N) is 2. The smallest absolute Gasteiger partial charge is 0.269 e. The molecule has 4 N–H and O–H groups in total. The number of benzene rings is 2. The zero-order chi connectivity index (χ0) is 19.6. The van der Waals surface area contributed by atoms with Crippen LogP contribution in [-0.4, -0.2) is 15.9 Å². The average molecular weight is 409 g/mol. The molecule has 0 unspecified atom stereocenters. The van der Waals surface area contributed by atoms with E-state index in [1.165, 1.54) is 36.5 Å². The van der Waals surface area contributed by atoms with Crippen LogP contribution in [0.1, 0.15) is 21.9 Å². The molecule has 0 radical (unpaired) electrons. The van der Waals surface area contributed by atoms with E-state index in [2.05, 4.69) is 15.3 Å². The first-order chi connectivity index (χ1) is 12.8. The monoisotopic (exact) mass is 408 g/mol. The second-order valence-electron chi connectivity index (χ2n) is 5.74. The van der Waals surface area contributed by atoms with Crippen LogP contribution in [0.2, 0.25) is 10.0 Å². The number of aryl methyl sites for hydroxylation is 1. The van der Waals surface area contributed by atoms with Crippen LogP contribution in [0.15, 0.2) is 36.5 Å². The Hall–Kier alpha value is -2.77. The number of amides is 1. The summed E-state index contributed by atoms with van der Waals surface area (Å²) in [5.74, 6) is -0.427. The molecule has 0 aliphatic rings. The van der Waals surface area contributed by atoms with Gasteiger partial charge in [-0.05, 0) is 25.1 Å². The number of carbonyl (C=O) groups is 1. The van der Waals surface area contributed by atoms with Crippen LogP contribution in [0.5, 0.6) is 11.5 Å². The van der Waals surface area contributed by atoms with E-state index in [4.69, 9.17) is 33.7 Å². The molecule has 6 nitrogen and oxygen atoms in total. The molecule has 27 heavy (non-hydrogen) atoms. The van der Waals surface area contributed by atoms with Crippen molar-refractivity contribution in [1.29, 1.82) is 0 Å². The molecule has 0 fully saturated rings. The molecule has 3 aromatic rings. The molecule has 0 saturated carbocycles. The van der Waals surface area contributed by atoms with Gasteiger partial charge in [0.25, 0.3) is 5.91 Å². The molecule has 1 amide bonds. The Morgan fingerprint density at radius 2 is 2.11 bits per heavy atom. The molecule has 2 aromatic carbocycles. The molecule has 0 spiro atoms. The zero-order valence-electron chi connectivity index (χ0n) is 14.1. The van der Waals surface area contributed by atoms with Crippen LogP contribution < -0.4 is 15.8 Å². The Morgan fingerprint density at radius 1 is 1.33 bits per heavy atom. The second-order valence-corrected chi connectivity index (χ2v) is 6.58. The van der Waals surface area contributed by atoms with E-state index < -0.39 is 11.7 Å². The van der Waals surface area contributed by atoms with Crippen molar-refractivity contribution in [2.75, 3.05) is 5.73 Å². The van der Waals surface area contributed by atoms with Crippen molar-refractivity contribution >= 4 is 34.8 Å². The van der Waals surface area contributed by atoms with Gasteiger partial charge in [0.1, 0.15) is 17.3 Å². The Bertz CT molecular complexity index is 987. The number of carbonyl (C=O) groups excluding carboxylic acids is 1. The van der Waals surface area contributed by atoms with Crippen molar-refractivity contribution in [3.05, 3.63) is 69.5 Å². The van der Waals surface area contributed by atoms with E-state index in [-0.39, 0.29) is 34.3 Å². The largest absolute Gasteiger partial charge is 0.453 e. The van der Waals surface area contributed by atoms with E-state index in [1.54, 1.807) is 6.92 Å². The molecule has 9 heteroatoms. The number of nitrogens with two attached hydrogens (primary N) is 1. The van der Waals surface area contributed by atoms with Gasteiger partial charge >= 0.3 is 0 Å². The first kappa shape index (κ1) is 19.0. The lowest BCUT2D eigenvalue weighted by molar-refractivity contribution is 0.0946. The Morgan fingerprint density at radius 3 is 2.78 bits per heavy atom. The van der Waals surface area contributed by atoms with E-state index >= 15 is 0 Å². The highest BCUT2D eigenvalue weighted by Gasteiger charge is 2.17. The highest BCUT2D eigenvalue weighted by atomic mass is 35.5. The van der Waals surface area contributed by atoms with Crippen molar-refractivity contribution in [2.24, 2.45) is 0 Å². The molecule has 0 saturated heterocycles. The van der Waals surface area contributed by atoms with E-state index in [0.29, 0.717) is 16.5 Å². The van der Waals surface area contributed by atoms with Crippen LogP contribution in [0.4, 0.5) is 10.1 Å². The van der Waals surface area contributed by atoms with Gasteiger partial charge in [-0.2, -0.15) is 0 Å². The van der Waals surface area contributed by atoms with Crippen molar-refractivity contribution in [1.82, 2.24) is 15.3 Å². The van der Waals surface area contributed by atoms with Gasteiger partial charge in [0, 0.05) is 28.9 Å². The van der Waals surface area contributed by atoms with Gasteiger partial charge in [0.15, 0.2) is 11.6 Å². The van der Waals surface area contributed by atoms with Crippen LogP contribution in [0.25, 0.3) is 0 Å². The van der Waals surface area contributed by atoms with Gasteiger partial charge in [-0.3, -0.25) is 4.79 Å². The maximum Gasteiger partial charge on any atom is 0.269 e. The summed E-state index contributed by atoms with van der Waals surface area (Å²) in [5, 5.41) is 3.03. The summed E-state index contributed by atoms with van der Waals surface area (Å²) >= 11 is 12.0. The molecule has 1 aromatic heterocycles. The number of aromatic amines is 1. The highest BCUT2D eigenvalue weighted by molar-refractivity contribution is 6.32. The zero-order valence-corrected chi connectivity index (χ0v) is 15.7. The Labute approximate surface area is 164 Å². The van der Waals surface area contributed by atoms with Crippen molar-refractivity contribution in [2.45, 2.75) is 13.5 Å². The predicted octanol–water partition coefficient (Wildman–Crippen LogP) is 4.47. The second kappa shape index (κ2) is 7.85. The van der Waals surface area contributed by atoms with Gasteiger partial charge in [-0.25, -0.2) is 9.37 Å². The lowest BCUT2D eigenvalue weighted by Gasteiger charge is -2.13. The maximum atomic E-state index is 14.8. The average Bonchev–Trinajstić information content (AvgIpc) is 3.03. The van der Waals surface area contributed by atoms with Gasteiger partial charge < -0.3 is 20.8 Å². The number of hydrogen-bond donors (Lipinski definition) is 3. The maximum absolute atomic E-state index is 14.8. The lowest BCUT2D eigenvalue weighted by Crippen LogP contribution is -2.23. The van der Waals surface area contributed by atoms with Crippen LogP contribution in [-0.2, 0) is 6.54 Å². The van der Waals surface area contributed by atoms with Crippen molar-refractivity contribution in [3.8, 4) is 11.5 Å². The highest BCUT2D eigenvalue weighted by Crippen LogP contribution is 2.35. The topological polar surface area (TPSA) is 93.0 Å². The van der Waals surface area contributed by atoms with Crippen LogP contribution in [0, 0.1) is 12.7 Å². The fourth-order valence-corrected chi connectivity index (χ4v) is 2.79. The van der Waals surface area contributed by atoms with E-state index in [9.17, 15) is 9.18 Å². The minimum atomic E-state index is -0.692. The summed E-state index contributed by atoms with van der Waals surface area (Å²) in [6.07, 6.45) is 1.40. The summed E-state index contributed by atoms with van der Waals surface area (Å²) in [6, 6.07) is 7.47. The molecular formula is C18H15Cl2FN4O2. The van der Waals surface area contributed by atoms with Crippen molar-refractivity contribution in [3.63, 3.8) is 0 Å². The van der Waals surface area contributed by atoms with Crippen LogP contribution >= 0.6 is 23.2 Å². The molecular weight excluding hydrogens is 394 g/mol. The fraction of sp³-hybridized carbons (Fsp3) is 0.111. The third kappa shape index (κ3) is 4.50.